The summed E-state index contributed by atoms with van der Waals surface area (Å²) in [5.74, 6) is 0. The first-order chi connectivity index (χ1) is 6.47. The molecule has 0 aromatic rings. The van der Waals surface area contributed by atoms with Crippen LogP contribution in [-0.2, 0) is 0 Å². The second kappa shape index (κ2) is 4.31. The largest absolute Gasteiger partial charge is 0.312 e. The van der Waals surface area contributed by atoms with E-state index in [4.69, 9.17) is 5.26 Å². The van der Waals surface area contributed by atoms with Crippen LogP contribution in [-0.4, -0.2) is 12.1 Å². The van der Waals surface area contributed by atoms with Crippen LogP contribution in [0.1, 0.15) is 52.9 Å². The minimum atomic E-state index is -0.151. The van der Waals surface area contributed by atoms with E-state index in [0.717, 1.165) is 19.4 Å². The van der Waals surface area contributed by atoms with Gasteiger partial charge in [-0.25, -0.2) is 0 Å². The van der Waals surface area contributed by atoms with Crippen molar-refractivity contribution < 1.29 is 0 Å². The molecule has 14 heavy (non-hydrogen) atoms. The summed E-state index contributed by atoms with van der Waals surface area (Å²) in [7, 11) is 0. The average Bonchev–Trinajstić information content (AvgIpc) is 2.10. The van der Waals surface area contributed by atoms with Crippen LogP contribution < -0.4 is 5.32 Å². The summed E-state index contributed by atoms with van der Waals surface area (Å²) in [5, 5.41) is 12.4. The highest BCUT2D eigenvalue weighted by Gasteiger charge is 2.30. The first-order valence-corrected chi connectivity index (χ1v) is 5.64. The molecule has 0 amide bonds. The van der Waals surface area contributed by atoms with Crippen LogP contribution >= 0.6 is 0 Å². The van der Waals surface area contributed by atoms with Crippen molar-refractivity contribution in [1.29, 1.82) is 5.26 Å². The van der Waals surface area contributed by atoms with Crippen molar-refractivity contribution in [3.8, 4) is 6.07 Å². The van der Waals surface area contributed by atoms with Gasteiger partial charge in [0.15, 0.2) is 0 Å². The number of nitriles is 1. The molecule has 0 unspecified atom stereocenters. The van der Waals surface area contributed by atoms with Gasteiger partial charge in [-0.05, 0) is 59.4 Å². The van der Waals surface area contributed by atoms with Gasteiger partial charge in [0.05, 0.1) is 11.5 Å². The Balaban J connectivity index is 2.08. The second-order valence-corrected chi connectivity index (χ2v) is 5.44. The lowest BCUT2D eigenvalue weighted by atomic mass is 9.78. The molecule has 1 rings (SSSR count). The lowest BCUT2D eigenvalue weighted by molar-refractivity contribution is 0.206. The van der Waals surface area contributed by atoms with Crippen molar-refractivity contribution in [2.24, 2.45) is 5.41 Å². The molecule has 1 aliphatic carbocycles. The summed E-state index contributed by atoms with van der Waals surface area (Å²) < 4.78 is 0. The Labute approximate surface area is 87.7 Å². The number of hydrogen-bond acceptors (Lipinski definition) is 2. The molecule has 0 heterocycles. The molecular weight excluding hydrogens is 172 g/mol. The molecule has 0 saturated heterocycles. The zero-order chi connectivity index (χ0) is 10.7. The monoisotopic (exact) mass is 194 g/mol. The zero-order valence-corrected chi connectivity index (χ0v) is 9.69. The van der Waals surface area contributed by atoms with Crippen LogP contribution in [0.15, 0.2) is 0 Å². The molecule has 1 fully saturated rings. The van der Waals surface area contributed by atoms with E-state index in [9.17, 15) is 0 Å². The molecule has 0 aromatic heterocycles. The average molecular weight is 194 g/mol. The van der Waals surface area contributed by atoms with E-state index in [0.29, 0.717) is 5.54 Å². The molecule has 2 nitrogen and oxygen atoms in total. The summed E-state index contributed by atoms with van der Waals surface area (Å²) in [6, 6.07) is 2.34. The standard InChI is InChI=1S/C12H22N2/c1-11(2,10-13)6-5-9-14-12(3)7-4-8-12/h14H,4-9H2,1-3H3. The highest BCUT2D eigenvalue weighted by Crippen LogP contribution is 2.31. The fourth-order valence-corrected chi connectivity index (χ4v) is 1.86. The summed E-state index contributed by atoms with van der Waals surface area (Å²) >= 11 is 0. The second-order valence-electron chi connectivity index (χ2n) is 5.44. The summed E-state index contributed by atoms with van der Waals surface area (Å²) in [5.41, 5.74) is 0.263. The van der Waals surface area contributed by atoms with Crippen LogP contribution in [0.3, 0.4) is 0 Å². The lowest BCUT2D eigenvalue weighted by Gasteiger charge is -2.39. The van der Waals surface area contributed by atoms with Crippen molar-refractivity contribution in [3.05, 3.63) is 0 Å². The smallest absolute Gasteiger partial charge is 0.0683 e. The third kappa shape index (κ3) is 3.31. The van der Waals surface area contributed by atoms with Gasteiger partial charge in [0.25, 0.3) is 0 Å². The fourth-order valence-electron chi connectivity index (χ4n) is 1.86. The topological polar surface area (TPSA) is 35.8 Å². The summed E-state index contributed by atoms with van der Waals surface area (Å²) in [6.45, 7) is 7.38. The van der Waals surface area contributed by atoms with Gasteiger partial charge in [0.1, 0.15) is 0 Å². The molecule has 1 N–H and O–H groups in total. The third-order valence-electron chi connectivity index (χ3n) is 3.29. The van der Waals surface area contributed by atoms with Gasteiger partial charge in [0, 0.05) is 5.54 Å². The number of nitrogens with zero attached hydrogens (tertiary/aromatic N) is 1. The predicted octanol–water partition coefficient (Wildman–Crippen LogP) is 2.85. The van der Waals surface area contributed by atoms with E-state index in [1.165, 1.54) is 19.3 Å². The molecule has 2 heteroatoms. The molecule has 0 atom stereocenters. The van der Waals surface area contributed by atoms with Crippen LogP contribution in [0.25, 0.3) is 0 Å². The van der Waals surface area contributed by atoms with Crippen LogP contribution in [0.4, 0.5) is 0 Å². The Morgan fingerprint density at radius 2 is 2.07 bits per heavy atom. The quantitative estimate of drug-likeness (QED) is 0.683. The Morgan fingerprint density at radius 1 is 1.43 bits per heavy atom. The van der Waals surface area contributed by atoms with Crippen molar-refractivity contribution >= 4 is 0 Å². The van der Waals surface area contributed by atoms with E-state index in [1.807, 2.05) is 13.8 Å². The minimum absolute atomic E-state index is 0.151. The lowest BCUT2D eigenvalue weighted by Crippen LogP contribution is -2.48. The van der Waals surface area contributed by atoms with E-state index < -0.39 is 0 Å². The highest BCUT2D eigenvalue weighted by atomic mass is 15.0. The molecule has 0 spiro atoms. The number of hydrogen-bond donors (Lipinski definition) is 1. The predicted molar refractivity (Wildman–Crippen MR) is 58.9 cm³/mol. The van der Waals surface area contributed by atoms with E-state index in [2.05, 4.69) is 18.3 Å². The maximum atomic E-state index is 8.84. The molecule has 80 valence electrons. The van der Waals surface area contributed by atoms with Gasteiger partial charge in [-0.3, -0.25) is 0 Å². The zero-order valence-electron chi connectivity index (χ0n) is 9.69. The summed E-state index contributed by atoms with van der Waals surface area (Å²) in [4.78, 5) is 0. The van der Waals surface area contributed by atoms with Gasteiger partial charge in [0.2, 0.25) is 0 Å². The van der Waals surface area contributed by atoms with Crippen molar-refractivity contribution in [2.75, 3.05) is 6.54 Å². The van der Waals surface area contributed by atoms with E-state index in [-0.39, 0.29) is 5.41 Å². The van der Waals surface area contributed by atoms with Gasteiger partial charge in [-0.15, -0.1) is 0 Å². The van der Waals surface area contributed by atoms with E-state index >= 15 is 0 Å². The first kappa shape index (κ1) is 11.5. The number of nitrogens with one attached hydrogen (secondary N) is 1. The summed E-state index contributed by atoms with van der Waals surface area (Å²) in [6.07, 6.45) is 6.10. The van der Waals surface area contributed by atoms with Gasteiger partial charge < -0.3 is 5.32 Å². The molecular formula is C12H22N2. The van der Waals surface area contributed by atoms with Gasteiger partial charge in [-0.1, -0.05) is 0 Å². The molecule has 1 aliphatic rings. The Bertz CT molecular complexity index is 221. The molecule has 0 radical (unpaired) electrons. The first-order valence-electron chi connectivity index (χ1n) is 5.64. The van der Waals surface area contributed by atoms with Crippen molar-refractivity contribution in [2.45, 2.75) is 58.4 Å². The van der Waals surface area contributed by atoms with Crippen LogP contribution in [0.2, 0.25) is 0 Å². The van der Waals surface area contributed by atoms with Crippen LogP contribution in [0, 0.1) is 16.7 Å². The number of rotatable bonds is 5. The van der Waals surface area contributed by atoms with Gasteiger partial charge in [-0.2, -0.15) is 5.26 Å². The highest BCUT2D eigenvalue weighted by molar-refractivity contribution is 4.93. The maximum absolute atomic E-state index is 8.84. The Morgan fingerprint density at radius 3 is 2.50 bits per heavy atom. The SMILES string of the molecule is CC(C)(C#N)CCCNC1(C)CCC1. The molecule has 0 aromatic carbocycles. The maximum Gasteiger partial charge on any atom is 0.0683 e. The normalized spacial score (nSPS) is 19.9. The Kier molecular flexibility index (Phi) is 3.55. The van der Waals surface area contributed by atoms with Gasteiger partial charge >= 0.3 is 0 Å². The third-order valence-corrected chi connectivity index (χ3v) is 3.29. The molecule has 1 saturated carbocycles. The molecule has 0 aliphatic heterocycles. The van der Waals surface area contributed by atoms with Crippen molar-refractivity contribution in [3.63, 3.8) is 0 Å². The van der Waals surface area contributed by atoms with Crippen molar-refractivity contribution in [1.82, 2.24) is 5.32 Å². The minimum Gasteiger partial charge on any atom is -0.312 e. The fraction of sp³-hybridized carbons (Fsp3) is 0.917. The Hall–Kier alpha value is -0.550. The van der Waals surface area contributed by atoms with E-state index in [1.54, 1.807) is 0 Å². The van der Waals surface area contributed by atoms with Crippen LogP contribution in [0.5, 0.6) is 0 Å². The molecule has 0 bridgehead atoms.